The minimum atomic E-state index is -3.92. The van der Waals surface area contributed by atoms with Gasteiger partial charge in [0.1, 0.15) is 6.04 Å². The molecule has 0 aromatic heterocycles. The van der Waals surface area contributed by atoms with Crippen molar-refractivity contribution in [1.29, 1.82) is 0 Å². The summed E-state index contributed by atoms with van der Waals surface area (Å²) in [5.74, 6) is 2.17. The Labute approximate surface area is 177 Å². The molecular weight excluding hydrogens is 432 g/mol. The van der Waals surface area contributed by atoms with Crippen LogP contribution in [0.1, 0.15) is 36.4 Å². The van der Waals surface area contributed by atoms with Gasteiger partial charge in [-0.25, -0.2) is 12.7 Å². The van der Waals surface area contributed by atoms with Gasteiger partial charge in [0, 0.05) is 37.7 Å². The summed E-state index contributed by atoms with van der Waals surface area (Å²) in [4.78, 5) is 2.57. The van der Waals surface area contributed by atoms with Crippen molar-refractivity contribution in [3.8, 4) is 11.5 Å². The Morgan fingerprint density at radius 3 is 2.47 bits per heavy atom. The van der Waals surface area contributed by atoms with E-state index in [1.807, 2.05) is 0 Å². The molecule has 30 heavy (non-hydrogen) atoms. The van der Waals surface area contributed by atoms with Crippen LogP contribution in [0.4, 0.5) is 0 Å². The molecule has 4 heterocycles. The Bertz CT molecular complexity index is 1020. The van der Waals surface area contributed by atoms with Crippen LogP contribution in [0.15, 0.2) is 12.1 Å². The van der Waals surface area contributed by atoms with Gasteiger partial charge in [0.2, 0.25) is 6.79 Å². The zero-order valence-corrected chi connectivity index (χ0v) is 18.8. The fraction of sp³-hybridized carbons (Fsp3) is 0.684. The van der Waals surface area contributed by atoms with E-state index in [9.17, 15) is 8.42 Å². The molecule has 5 rings (SSSR count). The molecule has 168 valence electrons. The maximum absolute atomic E-state index is 12.3. The van der Waals surface area contributed by atoms with Gasteiger partial charge in [0.05, 0.1) is 22.9 Å². The third kappa shape index (κ3) is 4.59. The molecule has 0 saturated carbocycles. The minimum Gasteiger partial charge on any atom is -0.748 e. The van der Waals surface area contributed by atoms with Crippen LogP contribution in [0.5, 0.6) is 11.5 Å². The average molecular weight is 461 g/mol. The normalized spacial score (nSPS) is 30.4. The topological polar surface area (TPSA) is 117 Å². The van der Waals surface area contributed by atoms with Gasteiger partial charge < -0.3 is 14.0 Å². The highest BCUT2D eigenvalue weighted by Gasteiger charge is 2.48. The van der Waals surface area contributed by atoms with Crippen LogP contribution in [-0.2, 0) is 26.6 Å². The predicted molar refractivity (Wildman–Crippen MR) is 108 cm³/mol. The highest BCUT2D eigenvalue weighted by Crippen LogP contribution is 2.44. The molecule has 11 heteroatoms. The van der Waals surface area contributed by atoms with Crippen molar-refractivity contribution in [2.75, 3.05) is 38.9 Å². The number of fused-ring (bicyclic) bond motifs is 5. The van der Waals surface area contributed by atoms with Crippen molar-refractivity contribution < 1.29 is 35.2 Å². The molecule has 0 bridgehead atoms. The van der Waals surface area contributed by atoms with Crippen LogP contribution in [0.3, 0.4) is 0 Å². The van der Waals surface area contributed by atoms with Gasteiger partial charge in [-0.2, -0.15) is 8.42 Å². The quantitative estimate of drug-likeness (QED) is 0.558. The molecule has 2 saturated heterocycles. The number of piperidine rings is 2. The van der Waals surface area contributed by atoms with Gasteiger partial charge in [-0.05, 0) is 42.5 Å². The predicted octanol–water partition coefficient (Wildman–Crippen LogP) is -0.497. The molecule has 0 radical (unpaired) electrons. The first-order valence-electron chi connectivity index (χ1n) is 10.1. The van der Waals surface area contributed by atoms with Crippen LogP contribution in [0.25, 0.3) is 0 Å². The summed E-state index contributed by atoms with van der Waals surface area (Å²) >= 11 is 0. The summed E-state index contributed by atoms with van der Waals surface area (Å²) in [5.41, 5.74) is 2.65. The number of quaternary nitrogens is 1. The van der Waals surface area contributed by atoms with Crippen molar-refractivity contribution >= 4 is 20.1 Å². The molecule has 0 amide bonds. The van der Waals surface area contributed by atoms with Crippen molar-refractivity contribution in [2.45, 2.75) is 37.8 Å². The van der Waals surface area contributed by atoms with E-state index in [1.165, 1.54) is 17.4 Å². The summed E-state index contributed by atoms with van der Waals surface area (Å²) in [7, 11) is -6.98. The molecule has 1 aromatic carbocycles. The Morgan fingerprint density at radius 2 is 1.80 bits per heavy atom. The fourth-order valence-corrected chi connectivity index (χ4v) is 6.72. The van der Waals surface area contributed by atoms with Gasteiger partial charge in [-0.3, -0.25) is 4.90 Å². The van der Waals surface area contributed by atoms with Gasteiger partial charge in [-0.15, -0.1) is 0 Å². The third-order valence-electron chi connectivity index (χ3n) is 6.51. The van der Waals surface area contributed by atoms with E-state index in [0.29, 0.717) is 25.0 Å². The second kappa shape index (κ2) is 7.94. The van der Waals surface area contributed by atoms with Crippen molar-refractivity contribution in [1.82, 2.24) is 4.90 Å². The van der Waals surface area contributed by atoms with Crippen LogP contribution in [0.2, 0.25) is 0 Å². The number of benzene rings is 1. The lowest BCUT2D eigenvalue weighted by Crippen LogP contribution is -3.19. The van der Waals surface area contributed by atoms with Crippen LogP contribution in [-0.4, -0.2) is 71.3 Å². The fourth-order valence-electron chi connectivity index (χ4n) is 5.37. The van der Waals surface area contributed by atoms with Crippen molar-refractivity contribution in [3.63, 3.8) is 0 Å². The molecule has 4 aliphatic heterocycles. The zero-order chi connectivity index (χ0) is 21.7. The van der Waals surface area contributed by atoms with Gasteiger partial charge >= 0.3 is 0 Å². The highest BCUT2D eigenvalue weighted by atomic mass is 32.2. The Balaban J connectivity index is 0.000000393. The molecule has 1 N–H and O–H groups in total. The number of nitrogens with zero attached hydrogens (tertiary/aromatic N) is 1. The summed E-state index contributed by atoms with van der Waals surface area (Å²) in [6.45, 7) is 3.11. The van der Waals surface area contributed by atoms with Crippen LogP contribution < -0.4 is 13.8 Å². The van der Waals surface area contributed by atoms with Gasteiger partial charge in [-0.1, -0.05) is 0 Å². The van der Waals surface area contributed by atoms with E-state index in [2.05, 4.69) is 17.0 Å². The third-order valence-corrected chi connectivity index (χ3v) is 7.97. The minimum absolute atomic E-state index is 0.210. The first kappa shape index (κ1) is 21.8. The van der Waals surface area contributed by atoms with E-state index in [-0.39, 0.29) is 6.04 Å². The van der Waals surface area contributed by atoms with E-state index in [1.54, 1.807) is 0 Å². The standard InChI is InChI=1S/C18H24N2O4S.CH4O3S/c1-25(21,22)20-5-2-3-13-10-19-6-4-12-7-17-18(24-11-23-17)8-14(12)16(19)9-15(13)20;1-5(2,3)4/h7-8,13,15-16H,2-6,9-11H2,1H3;1H3,(H,2,3,4)/t13-,15+,16+;/m1./s1. The Morgan fingerprint density at radius 1 is 1.13 bits per heavy atom. The Hall–Kier alpha value is -1.40. The van der Waals surface area contributed by atoms with Gasteiger partial charge in [0.25, 0.3) is 10.0 Å². The molecule has 0 aliphatic carbocycles. The van der Waals surface area contributed by atoms with Crippen LogP contribution >= 0.6 is 0 Å². The number of sulfonamides is 1. The van der Waals surface area contributed by atoms with E-state index >= 15 is 0 Å². The SMILES string of the molecule is CS(=O)(=O)[NH+]1CCC[C@@H]2CN3CCc4cc5c(cc4[C@@H]3C[C@@H]21)OCO5.CS(=O)(=O)[O-]. The number of ether oxygens (including phenoxy) is 2. The lowest BCUT2D eigenvalue weighted by Gasteiger charge is -2.49. The lowest BCUT2D eigenvalue weighted by atomic mass is 9.77. The van der Waals surface area contributed by atoms with Crippen LogP contribution in [0, 0.1) is 5.92 Å². The van der Waals surface area contributed by atoms with E-state index < -0.39 is 20.1 Å². The maximum Gasteiger partial charge on any atom is 0.292 e. The molecule has 2 fully saturated rings. The molecule has 4 aliphatic rings. The number of nitrogens with one attached hydrogen (secondary N) is 1. The summed E-state index contributed by atoms with van der Waals surface area (Å²) in [6.07, 6.45) is 6.11. The monoisotopic (exact) mass is 460 g/mol. The molecule has 0 spiro atoms. The molecular formula is C19H28N2O7S2. The largest absolute Gasteiger partial charge is 0.748 e. The Kier molecular flexibility index (Phi) is 5.77. The van der Waals surface area contributed by atoms with E-state index in [4.69, 9.17) is 22.4 Å². The van der Waals surface area contributed by atoms with E-state index in [0.717, 1.165) is 61.1 Å². The number of hydrogen-bond donors (Lipinski definition) is 1. The second-order valence-corrected chi connectivity index (χ2v) is 12.1. The maximum atomic E-state index is 12.3. The first-order chi connectivity index (χ1) is 14.0. The summed E-state index contributed by atoms with van der Waals surface area (Å²) < 4.78 is 63.8. The number of hydrogen-bond acceptors (Lipinski definition) is 8. The smallest absolute Gasteiger partial charge is 0.292 e. The second-order valence-electron chi connectivity index (χ2n) is 8.60. The molecule has 1 aromatic rings. The highest BCUT2D eigenvalue weighted by molar-refractivity contribution is 7.85. The molecule has 1 unspecified atom stereocenters. The average Bonchev–Trinajstić information content (AvgIpc) is 3.09. The molecule has 9 nitrogen and oxygen atoms in total. The molecule has 4 atom stereocenters. The lowest BCUT2D eigenvalue weighted by molar-refractivity contribution is -0.812. The summed E-state index contributed by atoms with van der Waals surface area (Å²) in [6, 6.07) is 4.77. The van der Waals surface area contributed by atoms with Crippen molar-refractivity contribution in [3.05, 3.63) is 23.3 Å². The summed E-state index contributed by atoms with van der Waals surface area (Å²) in [5, 5.41) is 0. The van der Waals surface area contributed by atoms with Crippen molar-refractivity contribution in [2.24, 2.45) is 5.92 Å². The number of rotatable bonds is 1. The van der Waals surface area contributed by atoms with Gasteiger partial charge in [0.15, 0.2) is 11.5 Å². The first-order valence-corrected chi connectivity index (χ1v) is 13.8. The zero-order valence-electron chi connectivity index (χ0n) is 17.2.